The number of hydrogen-bond donors (Lipinski definition) is 0. The van der Waals surface area contributed by atoms with E-state index < -0.39 is 35.2 Å². The third-order valence-corrected chi connectivity index (χ3v) is 3.96. The molecule has 0 aliphatic heterocycles. The van der Waals surface area contributed by atoms with E-state index in [1.807, 2.05) is 0 Å². The summed E-state index contributed by atoms with van der Waals surface area (Å²) in [5.74, 6) is 0. The molecule has 0 amide bonds. The molecule has 0 atom stereocenters. The Bertz CT molecular complexity index is 770. The molecule has 10 heteroatoms. The van der Waals surface area contributed by atoms with Gasteiger partial charge in [0.25, 0.3) is 0 Å². The minimum Gasteiger partial charge on any atom is -0.367 e. The van der Waals surface area contributed by atoms with Crippen LogP contribution in [0, 0.1) is 0 Å². The van der Waals surface area contributed by atoms with E-state index in [4.69, 9.17) is 0 Å². The molecule has 0 radical (unpaired) electrons. The van der Waals surface area contributed by atoms with Gasteiger partial charge in [0, 0.05) is 18.8 Å². The molecule has 2 aromatic rings. The highest BCUT2D eigenvalue weighted by molar-refractivity contribution is 5.49. The predicted octanol–water partition coefficient (Wildman–Crippen LogP) is 6.77. The van der Waals surface area contributed by atoms with E-state index in [1.54, 1.807) is 6.92 Å². The first-order chi connectivity index (χ1) is 12.7. The summed E-state index contributed by atoms with van der Waals surface area (Å²) in [4.78, 5) is 1.37. The van der Waals surface area contributed by atoms with Crippen molar-refractivity contribution in [3.63, 3.8) is 0 Å². The molecular formula is C18H14F9N. The number of alkyl halides is 9. The molecule has 2 aromatic carbocycles. The van der Waals surface area contributed by atoms with Crippen LogP contribution in [0.25, 0.3) is 0 Å². The lowest BCUT2D eigenvalue weighted by Gasteiger charge is -2.25. The molecule has 0 aliphatic carbocycles. The van der Waals surface area contributed by atoms with Crippen LogP contribution in [0.3, 0.4) is 0 Å². The highest BCUT2D eigenvalue weighted by Gasteiger charge is 2.37. The van der Waals surface area contributed by atoms with Crippen LogP contribution in [-0.2, 0) is 25.1 Å². The lowest BCUT2D eigenvalue weighted by molar-refractivity contribution is -0.143. The number of halogens is 9. The number of benzene rings is 2. The van der Waals surface area contributed by atoms with Gasteiger partial charge in [0.05, 0.1) is 16.7 Å². The molecule has 2 rings (SSSR count). The molecule has 0 aromatic heterocycles. The van der Waals surface area contributed by atoms with Gasteiger partial charge in [-0.3, -0.25) is 0 Å². The molecule has 0 unspecified atom stereocenters. The minimum absolute atomic E-state index is 0.0257. The van der Waals surface area contributed by atoms with Crippen molar-refractivity contribution in [3.05, 3.63) is 64.7 Å². The van der Waals surface area contributed by atoms with Crippen molar-refractivity contribution < 1.29 is 39.5 Å². The van der Waals surface area contributed by atoms with Gasteiger partial charge < -0.3 is 4.90 Å². The Morgan fingerprint density at radius 3 is 1.43 bits per heavy atom. The van der Waals surface area contributed by atoms with Crippen LogP contribution in [0.4, 0.5) is 45.2 Å². The van der Waals surface area contributed by atoms with Gasteiger partial charge in [-0.2, -0.15) is 39.5 Å². The van der Waals surface area contributed by atoms with Crippen LogP contribution in [0.1, 0.15) is 29.2 Å². The SMILES string of the molecule is CCN(Cc1cc(C(F)(F)F)cc(C(F)(F)F)c1)c1ccc(C(F)(F)F)cc1. The average molecular weight is 415 g/mol. The van der Waals surface area contributed by atoms with E-state index in [2.05, 4.69) is 0 Å². The van der Waals surface area contributed by atoms with Crippen molar-refractivity contribution in [1.82, 2.24) is 0 Å². The molecule has 1 nitrogen and oxygen atoms in total. The Hall–Kier alpha value is -2.39. The average Bonchev–Trinajstić information content (AvgIpc) is 2.57. The molecular weight excluding hydrogens is 401 g/mol. The van der Waals surface area contributed by atoms with Crippen LogP contribution < -0.4 is 4.90 Å². The molecule has 0 bridgehead atoms. The topological polar surface area (TPSA) is 3.24 Å². The second-order valence-corrected chi connectivity index (χ2v) is 5.97. The quantitative estimate of drug-likeness (QED) is 0.498. The van der Waals surface area contributed by atoms with Gasteiger partial charge in [0.2, 0.25) is 0 Å². The van der Waals surface area contributed by atoms with Gasteiger partial charge in [-0.1, -0.05) is 0 Å². The molecule has 0 heterocycles. The lowest BCUT2D eigenvalue weighted by Crippen LogP contribution is -2.23. The third-order valence-electron chi connectivity index (χ3n) is 3.96. The van der Waals surface area contributed by atoms with Crippen molar-refractivity contribution in [2.45, 2.75) is 32.0 Å². The van der Waals surface area contributed by atoms with Crippen LogP contribution in [0.5, 0.6) is 0 Å². The maximum absolute atomic E-state index is 12.9. The minimum atomic E-state index is -4.97. The third kappa shape index (κ3) is 5.32. The summed E-state index contributed by atoms with van der Waals surface area (Å²) in [5.41, 5.74) is -3.82. The summed E-state index contributed by atoms with van der Waals surface area (Å²) < 4.78 is 116. The van der Waals surface area contributed by atoms with E-state index in [-0.39, 0.29) is 30.4 Å². The molecule has 0 saturated heterocycles. The zero-order chi connectivity index (χ0) is 21.3. The largest absolute Gasteiger partial charge is 0.416 e. The maximum atomic E-state index is 12.9. The smallest absolute Gasteiger partial charge is 0.367 e. The van der Waals surface area contributed by atoms with Gasteiger partial charge in [0.1, 0.15) is 0 Å². The lowest BCUT2D eigenvalue weighted by atomic mass is 10.0. The fourth-order valence-electron chi connectivity index (χ4n) is 2.58. The van der Waals surface area contributed by atoms with Crippen molar-refractivity contribution in [2.24, 2.45) is 0 Å². The van der Waals surface area contributed by atoms with Crippen LogP contribution in [-0.4, -0.2) is 6.54 Å². The monoisotopic (exact) mass is 415 g/mol. The van der Waals surface area contributed by atoms with Gasteiger partial charge >= 0.3 is 18.5 Å². The second kappa shape index (κ2) is 7.56. The Morgan fingerprint density at radius 2 is 1.07 bits per heavy atom. The Morgan fingerprint density at radius 1 is 0.643 bits per heavy atom. The molecule has 0 fully saturated rings. The number of rotatable bonds is 4. The molecule has 0 N–H and O–H groups in total. The summed E-state index contributed by atoms with van der Waals surface area (Å²) in [5, 5.41) is 0. The van der Waals surface area contributed by atoms with Gasteiger partial charge in [-0.05, 0) is 55.0 Å². The highest BCUT2D eigenvalue weighted by atomic mass is 19.4. The maximum Gasteiger partial charge on any atom is 0.416 e. The Labute approximate surface area is 154 Å². The summed E-state index contributed by atoms with van der Waals surface area (Å²) in [6.07, 6.45) is -14.5. The highest BCUT2D eigenvalue weighted by Crippen LogP contribution is 2.37. The number of nitrogens with zero attached hydrogens (tertiary/aromatic N) is 1. The summed E-state index contributed by atoms with van der Waals surface area (Å²) >= 11 is 0. The van der Waals surface area contributed by atoms with Gasteiger partial charge in [0.15, 0.2) is 0 Å². The van der Waals surface area contributed by atoms with E-state index in [0.717, 1.165) is 24.3 Å². The standard InChI is InChI=1S/C18H14F9N/c1-2-28(15-5-3-12(4-6-15)16(19,20)21)10-11-7-13(17(22,23)24)9-14(8-11)18(25,26)27/h3-9H,2,10H2,1H3. The summed E-state index contributed by atoms with van der Waals surface area (Å²) in [7, 11) is 0. The van der Waals surface area contributed by atoms with Gasteiger partial charge in [-0.25, -0.2) is 0 Å². The fraction of sp³-hybridized carbons (Fsp3) is 0.333. The zero-order valence-corrected chi connectivity index (χ0v) is 14.3. The van der Waals surface area contributed by atoms with E-state index in [1.165, 1.54) is 4.90 Å². The molecule has 0 spiro atoms. The Balaban J connectivity index is 2.38. The summed E-state index contributed by atoms with van der Waals surface area (Å²) in [6, 6.07) is 5.05. The van der Waals surface area contributed by atoms with Crippen molar-refractivity contribution in [2.75, 3.05) is 11.4 Å². The van der Waals surface area contributed by atoms with Crippen molar-refractivity contribution >= 4 is 5.69 Å². The first-order valence-electron chi connectivity index (χ1n) is 7.92. The van der Waals surface area contributed by atoms with E-state index >= 15 is 0 Å². The van der Waals surface area contributed by atoms with Crippen LogP contribution in [0.2, 0.25) is 0 Å². The van der Waals surface area contributed by atoms with E-state index in [0.29, 0.717) is 12.1 Å². The molecule has 0 aliphatic rings. The summed E-state index contributed by atoms with van der Waals surface area (Å²) in [6.45, 7) is 1.40. The molecule has 0 saturated carbocycles. The normalized spacial score (nSPS) is 12.9. The molecule has 28 heavy (non-hydrogen) atoms. The first kappa shape index (κ1) is 21.9. The predicted molar refractivity (Wildman–Crippen MR) is 84.6 cm³/mol. The molecule has 154 valence electrons. The van der Waals surface area contributed by atoms with E-state index in [9.17, 15) is 39.5 Å². The van der Waals surface area contributed by atoms with Crippen molar-refractivity contribution in [1.29, 1.82) is 0 Å². The van der Waals surface area contributed by atoms with Crippen LogP contribution >= 0.6 is 0 Å². The van der Waals surface area contributed by atoms with Crippen LogP contribution in [0.15, 0.2) is 42.5 Å². The number of hydrogen-bond acceptors (Lipinski definition) is 1. The Kier molecular flexibility index (Phi) is 5.91. The van der Waals surface area contributed by atoms with Crippen molar-refractivity contribution in [3.8, 4) is 0 Å². The zero-order valence-electron chi connectivity index (χ0n) is 14.3. The van der Waals surface area contributed by atoms with Gasteiger partial charge in [-0.15, -0.1) is 0 Å². The first-order valence-corrected chi connectivity index (χ1v) is 7.92. The number of anilines is 1. The fourth-order valence-corrected chi connectivity index (χ4v) is 2.58. The second-order valence-electron chi connectivity index (χ2n) is 5.97.